The molecule has 0 aromatic heterocycles. The average Bonchev–Trinajstić information content (AvgIpc) is 2.81. The van der Waals surface area contributed by atoms with Crippen LogP contribution >= 0.6 is 0 Å². The number of carbonyl (C=O) groups is 2. The molecule has 0 unspecified atom stereocenters. The Hall–Kier alpha value is -3.40. The number of hydrogen-bond donors (Lipinski definition) is 1. The zero-order valence-corrected chi connectivity index (χ0v) is 20.0. The van der Waals surface area contributed by atoms with E-state index in [4.69, 9.17) is 0 Å². The summed E-state index contributed by atoms with van der Waals surface area (Å²) in [6, 6.07) is 27.7. The van der Waals surface area contributed by atoms with Crippen molar-refractivity contribution in [1.82, 2.24) is 10.2 Å². The summed E-state index contributed by atoms with van der Waals surface area (Å²) in [5.41, 5.74) is 4.33. The first-order valence-corrected chi connectivity index (χ1v) is 11.6. The minimum atomic E-state index is -0.576. The van der Waals surface area contributed by atoms with Crippen LogP contribution in [-0.2, 0) is 16.1 Å². The van der Waals surface area contributed by atoms with E-state index in [0.29, 0.717) is 13.0 Å². The maximum atomic E-state index is 13.8. The summed E-state index contributed by atoms with van der Waals surface area (Å²) in [4.78, 5) is 28.4. The van der Waals surface area contributed by atoms with Crippen molar-refractivity contribution in [2.24, 2.45) is 0 Å². The summed E-state index contributed by atoms with van der Waals surface area (Å²) in [6.07, 6.45) is 0.291. The van der Waals surface area contributed by atoms with Crippen LogP contribution in [0.3, 0.4) is 0 Å². The predicted octanol–water partition coefficient (Wildman–Crippen LogP) is 5.46. The number of nitrogens with one attached hydrogen (secondary N) is 1. The average molecular weight is 443 g/mol. The highest BCUT2D eigenvalue weighted by Gasteiger charge is 2.29. The van der Waals surface area contributed by atoms with Crippen LogP contribution in [0.4, 0.5) is 0 Å². The predicted molar refractivity (Wildman–Crippen MR) is 134 cm³/mol. The van der Waals surface area contributed by atoms with Crippen LogP contribution in [0.1, 0.15) is 55.4 Å². The van der Waals surface area contributed by atoms with Crippen LogP contribution < -0.4 is 5.32 Å². The topological polar surface area (TPSA) is 49.4 Å². The van der Waals surface area contributed by atoms with Crippen LogP contribution in [0, 0.1) is 6.92 Å². The summed E-state index contributed by atoms with van der Waals surface area (Å²) in [5.74, 6) is -0.261. The minimum Gasteiger partial charge on any atom is -0.352 e. The van der Waals surface area contributed by atoms with Crippen LogP contribution in [-0.4, -0.2) is 28.8 Å². The van der Waals surface area contributed by atoms with Crippen molar-refractivity contribution in [1.29, 1.82) is 0 Å². The maximum Gasteiger partial charge on any atom is 0.242 e. The lowest BCUT2D eigenvalue weighted by atomic mass is 9.88. The lowest BCUT2D eigenvalue weighted by Crippen LogP contribution is -2.49. The quantitative estimate of drug-likeness (QED) is 0.478. The lowest BCUT2D eigenvalue weighted by molar-refractivity contribution is -0.141. The third kappa shape index (κ3) is 6.79. The number of aryl methyl sites for hydroxylation is 1. The van der Waals surface area contributed by atoms with Gasteiger partial charge >= 0.3 is 0 Å². The number of carbonyl (C=O) groups excluding carboxylic acids is 2. The summed E-state index contributed by atoms with van der Waals surface area (Å²) in [5, 5.41) is 2.96. The van der Waals surface area contributed by atoms with E-state index in [2.05, 4.69) is 35.6 Å². The Kier molecular flexibility index (Phi) is 8.42. The number of rotatable bonds is 9. The van der Waals surface area contributed by atoms with E-state index in [9.17, 15) is 9.59 Å². The molecule has 1 atom stereocenters. The first kappa shape index (κ1) is 24.2. The SMILES string of the molecule is Cc1cccc(CN(C(=O)CC(c2ccccc2)c2ccccc2)[C@@H](C)C(=O)NC(C)C)c1. The first-order chi connectivity index (χ1) is 15.8. The Morgan fingerprint density at radius 2 is 1.39 bits per heavy atom. The number of hydrogen-bond acceptors (Lipinski definition) is 2. The van der Waals surface area contributed by atoms with Crippen LogP contribution in [0.2, 0.25) is 0 Å². The molecule has 3 aromatic carbocycles. The molecular formula is C29H34N2O2. The van der Waals surface area contributed by atoms with Crippen molar-refractivity contribution in [3.8, 4) is 0 Å². The molecule has 4 heteroatoms. The maximum absolute atomic E-state index is 13.8. The third-order valence-electron chi connectivity index (χ3n) is 5.82. The molecule has 0 aliphatic heterocycles. The van der Waals surface area contributed by atoms with Gasteiger partial charge in [-0.15, -0.1) is 0 Å². The van der Waals surface area contributed by atoms with Crippen molar-refractivity contribution in [3.63, 3.8) is 0 Å². The molecular weight excluding hydrogens is 408 g/mol. The number of amides is 2. The van der Waals surface area contributed by atoms with E-state index >= 15 is 0 Å². The van der Waals surface area contributed by atoms with E-state index in [1.807, 2.05) is 82.3 Å². The van der Waals surface area contributed by atoms with Crippen molar-refractivity contribution >= 4 is 11.8 Å². The highest BCUT2D eigenvalue weighted by molar-refractivity contribution is 5.88. The van der Waals surface area contributed by atoms with E-state index < -0.39 is 6.04 Å². The number of benzene rings is 3. The normalized spacial score (nSPS) is 11.9. The van der Waals surface area contributed by atoms with E-state index in [0.717, 1.165) is 22.3 Å². The first-order valence-electron chi connectivity index (χ1n) is 11.6. The minimum absolute atomic E-state index is 0.0113. The van der Waals surface area contributed by atoms with Gasteiger partial charge in [0.1, 0.15) is 6.04 Å². The molecule has 2 amide bonds. The fraction of sp³-hybridized carbons (Fsp3) is 0.310. The Balaban J connectivity index is 1.92. The van der Waals surface area contributed by atoms with E-state index in [-0.39, 0.29) is 23.8 Å². The Bertz CT molecular complexity index is 1010. The van der Waals surface area contributed by atoms with E-state index in [1.54, 1.807) is 4.90 Å². The van der Waals surface area contributed by atoms with Gasteiger partial charge in [-0.2, -0.15) is 0 Å². The third-order valence-corrected chi connectivity index (χ3v) is 5.82. The summed E-state index contributed by atoms with van der Waals surface area (Å²) < 4.78 is 0. The molecule has 0 saturated heterocycles. The summed E-state index contributed by atoms with van der Waals surface area (Å²) in [7, 11) is 0. The van der Waals surface area contributed by atoms with Gasteiger partial charge in [-0.1, -0.05) is 90.5 Å². The standard InChI is InChI=1S/C29H34N2O2/c1-21(2)30-29(33)23(4)31(20-24-13-11-12-22(3)18-24)28(32)19-27(25-14-7-5-8-15-25)26-16-9-6-10-17-26/h5-18,21,23,27H,19-20H2,1-4H3,(H,30,33)/t23-/m0/s1. The smallest absolute Gasteiger partial charge is 0.242 e. The van der Waals surface area contributed by atoms with Crippen molar-refractivity contribution < 1.29 is 9.59 Å². The Labute approximate surface area is 197 Å². The largest absolute Gasteiger partial charge is 0.352 e. The van der Waals surface area contributed by atoms with E-state index in [1.165, 1.54) is 0 Å². The van der Waals surface area contributed by atoms with Gasteiger partial charge in [-0.3, -0.25) is 9.59 Å². The second-order valence-corrected chi connectivity index (χ2v) is 8.93. The fourth-order valence-corrected chi connectivity index (χ4v) is 4.09. The lowest BCUT2D eigenvalue weighted by Gasteiger charge is -2.31. The molecule has 172 valence electrons. The van der Waals surface area contributed by atoms with Gasteiger partial charge in [-0.25, -0.2) is 0 Å². The molecule has 0 radical (unpaired) electrons. The zero-order chi connectivity index (χ0) is 23.8. The molecule has 0 heterocycles. The molecule has 0 fully saturated rings. The highest BCUT2D eigenvalue weighted by Crippen LogP contribution is 2.29. The molecule has 0 bridgehead atoms. The summed E-state index contributed by atoms with van der Waals surface area (Å²) >= 11 is 0. The molecule has 0 spiro atoms. The van der Waals surface area contributed by atoms with Crippen LogP contribution in [0.25, 0.3) is 0 Å². The second kappa shape index (κ2) is 11.5. The van der Waals surface area contributed by atoms with Crippen molar-refractivity contribution in [3.05, 3.63) is 107 Å². The van der Waals surface area contributed by atoms with Crippen LogP contribution in [0.5, 0.6) is 0 Å². The molecule has 0 aliphatic rings. The molecule has 33 heavy (non-hydrogen) atoms. The molecule has 0 aliphatic carbocycles. The monoisotopic (exact) mass is 442 g/mol. The molecule has 0 saturated carbocycles. The van der Waals surface area contributed by atoms with Gasteiger partial charge in [0.2, 0.25) is 11.8 Å². The van der Waals surface area contributed by atoms with Gasteiger partial charge in [-0.05, 0) is 44.4 Å². The highest BCUT2D eigenvalue weighted by atomic mass is 16.2. The summed E-state index contributed by atoms with van der Waals surface area (Å²) in [6.45, 7) is 8.09. The van der Waals surface area contributed by atoms with Crippen molar-refractivity contribution in [2.45, 2.75) is 58.7 Å². The molecule has 3 rings (SSSR count). The van der Waals surface area contributed by atoms with Gasteiger partial charge < -0.3 is 10.2 Å². The zero-order valence-electron chi connectivity index (χ0n) is 20.0. The van der Waals surface area contributed by atoms with Gasteiger partial charge in [0.05, 0.1) is 0 Å². The number of nitrogens with zero attached hydrogens (tertiary/aromatic N) is 1. The van der Waals surface area contributed by atoms with Gasteiger partial charge in [0.15, 0.2) is 0 Å². The van der Waals surface area contributed by atoms with Gasteiger partial charge in [0.25, 0.3) is 0 Å². The second-order valence-electron chi connectivity index (χ2n) is 8.93. The molecule has 1 N–H and O–H groups in total. The fourth-order valence-electron chi connectivity index (χ4n) is 4.09. The molecule has 3 aromatic rings. The van der Waals surface area contributed by atoms with Crippen LogP contribution in [0.15, 0.2) is 84.9 Å². The van der Waals surface area contributed by atoms with Crippen molar-refractivity contribution in [2.75, 3.05) is 0 Å². The van der Waals surface area contributed by atoms with Gasteiger partial charge in [0, 0.05) is 24.9 Å². The Morgan fingerprint density at radius 1 is 0.818 bits per heavy atom. The molecule has 4 nitrogen and oxygen atoms in total. The Morgan fingerprint density at radius 3 is 1.91 bits per heavy atom.